The van der Waals surface area contributed by atoms with Crippen LogP contribution in [0, 0.1) is 0 Å². The van der Waals surface area contributed by atoms with Crippen LogP contribution in [0.15, 0.2) is 54.3 Å². The van der Waals surface area contributed by atoms with Crippen LogP contribution in [0.25, 0.3) is 0 Å². The molecule has 0 bridgehead atoms. The normalized spacial score (nSPS) is 14.3. The van der Waals surface area contributed by atoms with Gasteiger partial charge >= 0.3 is 5.97 Å². The largest absolute Gasteiger partial charge is 0.480 e. The topological polar surface area (TPSA) is 427 Å². The predicted molar refractivity (Wildman–Crippen MR) is 287 cm³/mol. The van der Waals surface area contributed by atoms with Gasteiger partial charge in [-0.1, -0.05) is 0 Å². The average molecular weight is 1120 g/mol. The molecule has 7 atom stereocenters. The number of carboxylic acids is 1. The van der Waals surface area contributed by atoms with E-state index in [2.05, 4.69) is 88.1 Å². The molecule has 1 aliphatic heterocycles. The summed E-state index contributed by atoms with van der Waals surface area (Å²) in [7, 11) is 0. The van der Waals surface area contributed by atoms with E-state index in [4.69, 9.17) is 0 Å². The molecule has 436 valence electrons. The molecule has 4 rings (SSSR count). The molecular weight excluding hydrogens is 1040 g/mol. The second-order valence-electron chi connectivity index (χ2n) is 19.3. The van der Waals surface area contributed by atoms with Crippen LogP contribution < -0.4 is 53.2 Å². The molecule has 80 heavy (non-hydrogen) atoms. The summed E-state index contributed by atoms with van der Waals surface area (Å²) in [5, 5.41) is 36.9. The van der Waals surface area contributed by atoms with E-state index in [1.165, 1.54) is 65.3 Å². The first-order chi connectivity index (χ1) is 38.3. The Morgan fingerprint density at radius 1 is 0.438 bits per heavy atom. The van der Waals surface area contributed by atoms with Crippen molar-refractivity contribution >= 4 is 71.3 Å². The second kappa shape index (κ2) is 34.2. The maximum Gasteiger partial charge on any atom is 0.326 e. The highest BCUT2D eigenvalue weighted by Crippen LogP contribution is 2.15. The van der Waals surface area contributed by atoms with Crippen LogP contribution >= 0.6 is 0 Å². The van der Waals surface area contributed by atoms with Gasteiger partial charge in [0.2, 0.25) is 59.1 Å². The number of hydrogen-bond acceptors (Lipinski definition) is 15. The molecule has 0 saturated carbocycles. The number of H-pyrrole nitrogens is 3. The Bertz CT molecular complexity index is 2590. The van der Waals surface area contributed by atoms with Crippen LogP contribution in [-0.4, -0.2) is 168 Å². The number of unbranched alkanes of at least 4 members (excludes halogenated alkanes) is 3. The average Bonchev–Trinajstić information content (AvgIpc) is 4.27. The van der Waals surface area contributed by atoms with Gasteiger partial charge in [0.25, 0.3) is 0 Å². The van der Waals surface area contributed by atoms with E-state index in [1.807, 2.05) is 0 Å². The Hall–Kier alpha value is -8.79. The van der Waals surface area contributed by atoms with Gasteiger partial charge in [0.05, 0.1) is 19.0 Å². The number of aromatic nitrogens is 6. The van der Waals surface area contributed by atoms with Crippen LogP contribution in [-0.2, 0) is 72.0 Å². The van der Waals surface area contributed by atoms with Gasteiger partial charge in [-0.05, 0) is 69.8 Å². The molecule has 29 heteroatoms. The van der Waals surface area contributed by atoms with Crippen LogP contribution in [0.5, 0.6) is 0 Å². The number of aliphatic imine (C=N–C) groups is 1. The molecule has 0 aliphatic carbocycles. The zero-order chi connectivity index (χ0) is 58.4. The number of aliphatic carboxylic acids is 1. The number of rotatable bonds is 37. The molecule has 29 nitrogen and oxygen atoms in total. The van der Waals surface area contributed by atoms with Crippen molar-refractivity contribution in [3.05, 3.63) is 66.4 Å². The van der Waals surface area contributed by atoms with Crippen molar-refractivity contribution in [1.82, 2.24) is 83.1 Å². The molecule has 3 aromatic rings. The van der Waals surface area contributed by atoms with E-state index >= 15 is 0 Å². The lowest BCUT2D eigenvalue weighted by molar-refractivity contribution is -0.142. The van der Waals surface area contributed by atoms with Gasteiger partial charge < -0.3 is 73.2 Å². The summed E-state index contributed by atoms with van der Waals surface area (Å²) >= 11 is 0. The van der Waals surface area contributed by atoms with Crippen LogP contribution in [0.4, 0.5) is 0 Å². The summed E-state index contributed by atoms with van der Waals surface area (Å²) in [5.41, 5.74) is 2.56. The van der Waals surface area contributed by atoms with Gasteiger partial charge in [-0.25, -0.2) is 19.7 Å². The Balaban J connectivity index is 1.37. The molecule has 4 heterocycles. The summed E-state index contributed by atoms with van der Waals surface area (Å²) < 4.78 is 0. The van der Waals surface area contributed by atoms with E-state index in [0.717, 1.165) is 5.57 Å². The standard InChI is InChI=1S/C51H75N17O12/c1-30(69)62-41(19-34-14-18-52-23-34)46(74)57-16-9-6-12-39(67-50(78)44(65-33(4)72)22-37-26-55-29-61-37)48(76)68-40(51(79)80)13-7-10-15-56-45(73)38(66-49(77)43(64-32(3)71)21-36-25-54-28-60-36)11-5-8-17-58-47(75)42(63-31(2)70)20-35-24-53-27-59-35/h18,23-29,38-44H,5-17,19-22H2,1-4H3,(H,53,59)(H,54,60)(H,55,61)(H,56,73)(H,57,74)(H,58,75)(H,62,69)(H,63,70)(H,64,71)(H,65,72)(H,66,77)(H,67,78)(H,68,76)(H,79,80). The minimum absolute atomic E-state index is 0.00512. The number of amides is 10. The van der Waals surface area contributed by atoms with Crippen LogP contribution in [0.3, 0.4) is 0 Å². The lowest BCUT2D eigenvalue weighted by atomic mass is 10.0. The molecule has 10 amide bonds. The lowest BCUT2D eigenvalue weighted by Crippen LogP contribution is -2.56. The Morgan fingerprint density at radius 2 is 0.762 bits per heavy atom. The Morgan fingerprint density at radius 3 is 1.10 bits per heavy atom. The number of imidazole rings is 3. The molecule has 3 aromatic heterocycles. The van der Waals surface area contributed by atoms with Crippen molar-refractivity contribution in [3.8, 4) is 0 Å². The number of hydrogen-bond donors (Lipinski definition) is 14. The third-order valence-corrected chi connectivity index (χ3v) is 12.4. The third kappa shape index (κ3) is 24.3. The monoisotopic (exact) mass is 1120 g/mol. The molecule has 7 unspecified atom stereocenters. The first-order valence-electron chi connectivity index (χ1n) is 26.4. The van der Waals surface area contributed by atoms with Crippen molar-refractivity contribution in [2.75, 3.05) is 19.6 Å². The molecule has 0 spiro atoms. The Kier molecular flexibility index (Phi) is 27.2. The number of carbonyl (C=O) groups is 11. The summed E-state index contributed by atoms with van der Waals surface area (Å²) in [4.78, 5) is 166. The van der Waals surface area contributed by atoms with Gasteiger partial charge in [-0.15, -0.1) is 0 Å². The van der Waals surface area contributed by atoms with Crippen LogP contribution in [0.2, 0.25) is 0 Å². The summed E-state index contributed by atoms with van der Waals surface area (Å²) in [6, 6.07) is -7.79. The van der Waals surface area contributed by atoms with Gasteiger partial charge in [0.1, 0.15) is 42.3 Å². The minimum atomic E-state index is -1.44. The number of carbonyl (C=O) groups excluding carboxylic acids is 10. The fourth-order valence-corrected chi connectivity index (χ4v) is 8.48. The smallest absolute Gasteiger partial charge is 0.326 e. The fraction of sp³-hybridized carbons (Fsp3) is 0.549. The second-order valence-corrected chi connectivity index (χ2v) is 19.3. The predicted octanol–water partition coefficient (Wildman–Crippen LogP) is -1.95. The Labute approximate surface area is 461 Å². The van der Waals surface area contributed by atoms with Crippen LogP contribution in [0.1, 0.15) is 115 Å². The zero-order valence-electron chi connectivity index (χ0n) is 45.4. The van der Waals surface area contributed by atoms with Crippen molar-refractivity contribution in [1.29, 1.82) is 0 Å². The molecule has 0 fully saturated rings. The zero-order valence-corrected chi connectivity index (χ0v) is 45.4. The van der Waals surface area contributed by atoms with E-state index in [0.29, 0.717) is 42.8 Å². The fourth-order valence-electron chi connectivity index (χ4n) is 8.48. The summed E-state index contributed by atoms with van der Waals surface area (Å²) in [6.07, 6.45) is 14.8. The number of nitrogens with one attached hydrogen (secondary N) is 13. The molecular formula is C51H75N17O12. The quantitative estimate of drug-likeness (QED) is 0.0279. The van der Waals surface area contributed by atoms with E-state index in [9.17, 15) is 57.8 Å². The summed E-state index contributed by atoms with van der Waals surface area (Å²) in [5.74, 6) is -6.82. The van der Waals surface area contributed by atoms with Gasteiger partial charge in [-0.2, -0.15) is 0 Å². The molecule has 1 aliphatic rings. The van der Waals surface area contributed by atoms with Crippen molar-refractivity contribution in [3.63, 3.8) is 0 Å². The van der Waals surface area contributed by atoms with Crippen molar-refractivity contribution in [2.24, 2.45) is 4.99 Å². The maximum atomic E-state index is 13.9. The third-order valence-electron chi connectivity index (χ3n) is 12.4. The van der Waals surface area contributed by atoms with Crippen molar-refractivity contribution < 1.29 is 57.8 Å². The molecule has 14 N–H and O–H groups in total. The molecule has 0 aromatic carbocycles. The van der Waals surface area contributed by atoms with E-state index in [-0.39, 0.29) is 83.8 Å². The number of carboxylic acid groups (broad SMARTS) is 1. The SMILES string of the molecule is CC(=O)NC(CC1=CN=CC1)C(=O)NCCCCC(NC(=O)C(Cc1cnc[nH]1)NC(C)=O)C(=O)NC(CCCCNC(=O)C(CCCCNC(=O)C(Cc1cnc[nH]1)NC(C)=O)NC(=O)C(Cc1cnc[nH]1)NC(C)=O)C(=O)O. The molecule has 0 radical (unpaired) electrons. The highest BCUT2D eigenvalue weighted by molar-refractivity contribution is 5.94. The van der Waals surface area contributed by atoms with Crippen molar-refractivity contribution in [2.45, 2.75) is 160 Å². The first-order valence-corrected chi connectivity index (χ1v) is 26.4. The summed E-state index contributed by atoms with van der Waals surface area (Å²) in [6.45, 7) is 5.41. The van der Waals surface area contributed by atoms with E-state index < -0.39 is 107 Å². The number of aromatic amines is 3. The van der Waals surface area contributed by atoms with Gasteiger partial charge in [0, 0.05) is 121 Å². The van der Waals surface area contributed by atoms with Gasteiger partial charge in [0.15, 0.2) is 0 Å². The first kappa shape index (κ1) is 63.7. The molecule has 0 saturated heterocycles. The van der Waals surface area contributed by atoms with E-state index in [1.54, 1.807) is 12.4 Å². The highest BCUT2D eigenvalue weighted by Gasteiger charge is 2.31. The number of nitrogens with zero attached hydrogens (tertiary/aromatic N) is 4. The van der Waals surface area contributed by atoms with Gasteiger partial charge in [-0.3, -0.25) is 52.9 Å². The lowest BCUT2D eigenvalue weighted by Gasteiger charge is -2.24. The minimum Gasteiger partial charge on any atom is -0.480 e. The maximum absolute atomic E-state index is 13.9. The highest BCUT2D eigenvalue weighted by atomic mass is 16.4.